The van der Waals surface area contributed by atoms with Gasteiger partial charge in [-0.25, -0.2) is 12.7 Å². The molecule has 22 heavy (non-hydrogen) atoms. The van der Waals surface area contributed by atoms with Crippen molar-refractivity contribution >= 4 is 10.0 Å². The highest BCUT2D eigenvalue weighted by Crippen LogP contribution is 2.35. The first-order valence-electron chi connectivity index (χ1n) is 6.93. The smallest absolute Gasteiger partial charge is 0.381 e. The van der Waals surface area contributed by atoms with E-state index < -0.39 is 26.7 Å². The van der Waals surface area contributed by atoms with Crippen LogP contribution in [0.25, 0.3) is 0 Å². The maximum absolute atomic E-state index is 13.0. The lowest BCUT2D eigenvalue weighted by molar-refractivity contribution is -0.139. The van der Waals surface area contributed by atoms with Gasteiger partial charge in [-0.1, -0.05) is 12.1 Å². The van der Waals surface area contributed by atoms with Gasteiger partial charge >= 0.3 is 6.18 Å². The van der Waals surface area contributed by atoms with Gasteiger partial charge < -0.3 is 4.74 Å². The Labute approximate surface area is 127 Å². The Balaban J connectivity index is 2.26. The Morgan fingerprint density at radius 3 is 2.41 bits per heavy atom. The minimum absolute atomic E-state index is 0.103. The number of nitrogens with zero attached hydrogens (tertiary/aromatic N) is 1. The molecule has 0 radical (unpaired) electrons. The van der Waals surface area contributed by atoms with Crippen LogP contribution in [0.4, 0.5) is 13.2 Å². The third-order valence-electron chi connectivity index (χ3n) is 3.74. The third-order valence-corrected chi connectivity index (χ3v) is 5.62. The number of hydrogen-bond acceptors (Lipinski definition) is 3. The highest BCUT2D eigenvalue weighted by Gasteiger charge is 2.38. The lowest BCUT2D eigenvalue weighted by Crippen LogP contribution is -2.35. The molecular formula is C14H18F3NO3S. The van der Waals surface area contributed by atoms with E-state index in [0.717, 1.165) is 16.4 Å². The van der Waals surface area contributed by atoms with E-state index in [-0.39, 0.29) is 12.5 Å². The van der Waals surface area contributed by atoms with Gasteiger partial charge in [-0.2, -0.15) is 13.2 Å². The van der Waals surface area contributed by atoms with Crippen molar-refractivity contribution in [3.05, 3.63) is 29.8 Å². The van der Waals surface area contributed by atoms with E-state index in [4.69, 9.17) is 4.74 Å². The van der Waals surface area contributed by atoms with Crippen LogP contribution in [-0.2, 0) is 20.9 Å². The summed E-state index contributed by atoms with van der Waals surface area (Å²) in [6.07, 6.45) is -3.29. The highest BCUT2D eigenvalue weighted by atomic mass is 32.2. The first kappa shape index (κ1) is 17.2. The van der Waals surface area contributed by atoms with Crippen LogP contribution in [0.15, 0.2) is 29.2 Å². The molecule has 0 unspecified atom stereocenters. The summed E-state index contributed by atoms with van der Waals surface area (Å²) in [5.41, 5.74) is -1.13. The predicted molar refractivity (Wildman–Crippen MR) is 74.8 cm³/mol. The molecule has 4 nitrogen and oxygen atoms in total. The molecule has 2 rings (SSSR count). The van der Waals surface area contributed by atoms with E-state index in [1.807, 2.05) is 0 Å². The molecule has 0 N–H and O–H groups in total. The lowest BCUT2D eigenvalue weighted by atomic mass is 10.0. The molecule has 1 saturated heterocycles. The van der Waals surface area contributed by atoms with Crippen molar-refractivity contribution in [3.8, 4) is 0 Å². The number of hydrogen-bond donors (Lipinski definition) is 0. The van der Waals surface area contributed by atoms with Crippen molar-refractivity contribution in [1.82, 2.24) is 4.31 Å². The Morgan fingerprint density at radius 1 is 1.23 bits per heavy atom. The number of rotatable bonds is 4. The number of ether oxygens (including phenoxy) is 1. The Morgan fingerprint density at radius 2 is 1.82 bits per heavy atom. The number of benzene rings is 1. The Kier molecular flexibility index (Phi) is 5.14. The van der Waals surface area contributed by atoms with Gasteiger partial charge in [-0.3, -0.25) is 0 Å². The molecule has 1 heterocycles. The summed E-state index contributed by atoms with van der Waals surface area (Å²) in [6.45, 7) is 1.30. The molecule has 0 atom stereocenters. The van der Waals surface area contributed by atoms with Crippen LogP contribution in [0.5, 0.6) is 0 Å². The minimum atomic E-state index is -4.71. The maximum atomic E-state index is 13.0. The van der Waals surface area contributed by atoms with E-state index in [9.17, 15) is 21.6 Å². The van der Waals surface area contributed by atoms with Crippen molar-refractivity contribution in [1.29, 1.82) is 0 Å². The zero-order valence-corrected chi connectivity index (χ0v) is 13.0. The molecule has 0 aromatic heterocycles. The van der Waals surface area contributed by atoms with E-state index in [1.54, 1.807) is 0 Å². The second kappa shape index (κ2) is 6.55. The topological polar surface area (TPSA) is 46.6 Å². The summed E-state index contributed by atoms with van der Waals surface area (Å²) >= 11 is 0. The van der Waals surface area contributed by atoms with Crippen LogP contribution in [0.2, 0.25) is 0 Å². The van der Waals surface area contributed by atoms with Gasteiger partial charge in [-0.15, -0.1) is 0 Å². The molecule has 1 aliphatic rings. The fourth-order valence-electron chi connectivity index (χ4n) is 2.48. The van der Waals surface area contributed by atoms with Gasteiger partial charge in [0.2, 0.25) is 10.0 Å². The van der Waals surface area contributed by atoms with Gasteiger partial charge in [0.15, 0.2) is 0 Å². The van der Waals surface area contributed by atoms with E-state index in [1.165, 1.54) is 19.2 Å². The zero-order chi connectivity index (χ0) is 16.4. The molecule has 0 spiro atoms. The highest BCUT2D eigenvalue weighted by molar-refractivity contribution is 7.89. The Bertz CT molecular complexity index is 610. The molecule has 0 bridgehead atoms. The standard InChI is InChI=1S/C14H18F3NO3S/c1-18(10-11-6-8-21-9-7-11)22(19,20)13-5-3-2-4-12(13)14(15,16)17/h2-5,11H,6-10H2,1H3. The number of halogens is 3. The van der Waals surface area contributed by atoms with Gasteiger partial charge in [0, 0.05) is 26.8 Å². The molecule has 0 amide bonds. The summed E-state index contributed by atoms with van der Waals surface area (Å²) < 4.78 is 70.1. The average molecular weight is 337 g/mol. The molecule has 1 aliphatic heterocycles. The maximum Gasteiger partial charge on any atom is 0.417 e. The molecule has 1 aromatic carbocycles. The quantitative estimate of drug-likeness (QED) is 0.849. The molecular weight excluding hydrogens is 319 g/mol. The zero-order valence-electron chi connectivity index (χ0n) is 12.1. The summed E-state index contributed by atoms with van der Waals surface area (Å²) in [5.74, 6) is 0.103. The fourth-order valence-corrected chi connectivity index (χ4v) is 3.94. The summed E-state index contributed by atoms with van der Waals surface area (Å²) in [6, 6.07) is 4.26. The van der Waals surface area contributed by atoms with Crippen LogP contribution in [0.3, 0.4) is 0 Å². The van der Waals surface area contributed by atoms with Gasteiger partial charge in [0.1, 0.15) is 0 Å². The monoisotopic (exact) mass is 337 g/mol. The van der Waals surface area contributed by atoms with E-state index >= 15 is 0 Å². The third kappa shape index (κ3) is 3.80. The number of alkyl halides is 3. The molecule has 0 saturated carbocycles. The van der Waals surface area contributed by atoms with Crippen molar-refractivity contribution in [3.63, 3.8) is 0 Å². The second-order valence-electron chi connectivity index (χ2n) is 5.34. The van der Waals surface area contributed by atoms with Crippen LogP contribution >= 0.6 is 0 Å². The van der Waals surface area contributed by atoms with Crippen LogP contribution in [0, 0.1) is 5.92 Å². The molecule has 1 aromatic rings. The summed E-state index contributed by atoms with van der Waals surface area (Å²) in [5, 5.41) is 0. The lowest BCUT2D eigenvalue weighted by Gasteiger charge is -2.27. The van der Waals surface area contributed by atoms with Crippen molar-refractivity contribution in [2.24, 2.45) is 5.92 Å². The van der Waals surface area contributed by atoms with Gasteiger partial charge in [0.25, 0.3) is 0 Å². The van der Waals surface area contributed by atoms with Crippen molar-refractivity contribution in [2.45, 2.75) is 23.9 Å². The molecule has 0 aliphatic carbocycles. The van der Waals surface area contributed by atoms with Crippen LogP contribution in [0.1, 0.15) is 18.4 Å². The van der Waals surface area contributed by atoms with Crippen LogP contribution in [-0.4, -0.2) is 39.5 Å². The predicted octanol–water partition coefficient (Wildman–Crippen LogP) is 2.75. The van der Waals surface area contributed by atoms with E-state index in [2.05, 4.69) is 0 Å². The molecule has 124 valence electrons. The van der Waals surface area contributed by atoms with Gasteiger partial charge in [0.05, 0.1) is 10.5 Å². The summed E-state index contributed by atoms with van der Waals surface area (Å²) in [4.78, 5) is -0.697. The molecule has 1 fully saturated rings. The molecule has 8 heteroatoms. The Hall–Kier alpha value is -1.12. The fraction of sp³-hybridized carbons (Fsp3) is 0.571. The van der Waals surface area contributed by atoms with E-state index in [0.29, 0.717) is 26.1 Å². The first-order valence-corrected chi connectivity index (χ1v) is 8.37. The first-order chi connectivity index (χ1) is 10.2. The second-order valence-corrected chi connectivity index (χ2v) is 7.35. The van der Waals surface area contributed by atoms with Crippen molar-refractivity contribution < 1.29 is 26.3 Å². The SMILES string of the molecule is CN(CC1CCOCC1)S(=O)(=O)c1ccccc1C(F)(F)F. The van der Waals surface area contributed by atoms with Crippen molar-refractivity contribution in [2.75, 3.05) is 26.8 Å². The number of sulfonamides is 1. The van der Waals surface area contributed by atoms with Gasteiger partial charge in [-0.05, 0) is 30.9 Å². The summed E-state index contributed by atoms with van der Waals surface area (Å²) in [7, 11) is -2.86. The van der Waals surface area contributed by atoms with Crippen LogP contribution < -0.4 is 0 Å². The minimum Gasteiger partial charge on any atom is -0.381 e. The largest absolute Gasteiger partial charge is 0.417 e. The normalized spacial score (nSPS) is 17.9. The average Bonchev–Trinajstić information content (AvgIpc) is 2.47.